The Morgan fingerprint density at radius 1 is 1.27 bits per heavy atom. The maximum Gasteiger partial charge on any atom is 0.274 e. The van der Waals surface area contributed by atoms with Gasteiger partial charge in [0.2, 0.25) is 11.3 Å². The highest BCUT2D eigenvalue weighted by Crippen LogP contribution is 2.46. The first-order valence-corrected chi connectivity index (χ1v) is 13.6. The van der Waals surface area contributed by atoms with Crippen LogP contribution in [0.25, 0.3) is 0 Å². The zero-order valence-corrected chi connectivity index (χ0v) is 23.7. The predicted octanol–water partition coefficient (Wildman–Crippen LogP) is 3.79. The van der Waals surface area contributed by atoms with Crippen LogP contribution >= 0.6 is 0 Å². The number of oxime groups is 1. The summed E-state index contributed by atoms with van der Waals surface area (Å²) in [5.41, 5.74) is -2.86. The number of aromatic hydroxyl groups is 1. The molecule has 220 valence electrons. The van der Waals surface area contributed by atoms with E-state index < -0.39 is 58.4 Å². The lowest BCUT2D eigenvalue weighted by Crippen LogP contribution is -2.52. The fourth-order valence-electron chi connectivity index (χ4n) is 5.62. The number of nitrogens with one attached hydrogen (secondary N) is 1. The molecular weight excluding hydrogens is 538 g/mol. The van der Waals surface area contributed by atoms with Crippen molar-refractivity contribution in [3.63, 3.8) is 0 Å². The molecule has 1 fully saturated rings. The number of ether oxygens (including phenoxy) is 1. The molecule has 4 heterocycles. The minimum absolute atomic E-state index is 0.116. The topological polar surface area (TPSA) is 122 Å². The van der Waals surface area contributed by atoms with Gasteiger partial charge in [-0.25, -0.2) is 8.78 Å². The van der Waals surface area contributed by atoms with E-state index in [4.69, 9.17) is 9.57 Å². The maximum atomic E-state index is 14.3. The van der Waals surface area contributed by atoms with Crippen LogP contribution < -0.4 is 10.7 Å². The summed E-state index contributed by atoms with van der Waals surface area (Å²) >= 11 is 0. The zero-order chi connectivity index (χ0) is 29.9. The summed E-state index contributed by atoms with van der Waals surface area (Å²) in [5.74, 6) is -3.64. The Morgan fingerprint density at radius 3 is 2.61 bits per heavy atom. The second kappa shape index (κ2) is 10.1. The molecule has 0 radical (unpaired) electrons. The number of aromatic nitrogens is 1. The molecule has 1 saturated heterocycles. The van der Waals surface area contributed by atoms with E-state index in [9.17, 15) is 28.3 Å². The van der Waals surface area contributed by atoms with Gasteiger partial charge in [-0.05, 0) is 49.8 Å². The van der Waals surface area contributed by atoms with Crippen molar-refractivity contribution in [1.29, 1.82) is 0 Å². The van der Waals surface area contributed by atoms with Crippen LogP contribution in [-0.2, 0) is 16.1 Å². The summed E-state index contributed by atoms with van der Waals surface area (Å²) in [4.78, 5) is 47.4. The van der Waals surface area contributed by atoms with Gasteiger partial charge in [0, 0.05) is 30.9 Å². The third-order valence-corrected chi connectivity index (χ3v) is 7.91. The minimum Gasteiger partial charge on any atom is -0.503 e. The molecular formula is C29H34F2N4O6. The first-order valence-electron chi connectivity index (χ1n) is 13.6. The van der Waals surface area contributed by atoms with E-state index in [0.717, 1.165) is 12.1 Å². The highest BCUT2D eigenvalue weighted by molar-refractivity contribution is 5.99. The second-order valence-electron chi connectivity index (χ2n) is 12.4. The average molecular weight is 573 g/mol. The molecule has 10 nitrogen and oxygen atoms in total. The van der Waals surface area contributed by atoms with Crippen LogP contribution in [0.2, 0.25) is 0 Å². The van der Waals surface area contributed by atoms with Gasteiger partial charge in [-0.15, -0.1) is 0 Å². The van der Waals surface area contributed by atoms with Gasteiger partial charge in [-0.3, -0.25) is 14.4 Å². The van der Waals surface area contributed by atoms with Crippen LogP contribution in [0.1, 0.15) is 85.0 Å². The third kappa shape index (κ3) is 5.15. The van der Waals surface area contributed by atoms with E-state index in [1.54, 1.807) is 4.90 Å². The normalized spacial score (nSPS) is 23.5. The molecule has 2 N–H and O–H groups in total. The van der Waals surface area contributed by atoms with Crippen LogP contribution in [0.15, 0.2) is 28.3 Å². The van der Waals surface area contributed by atoms with Crippen molar-refractivity contribution in [2.24, 2.45) is 10.6 Å². The number of carbonyl (C=O) groups is 2. The van der Waals surface area contributed by atoms with Crippen LogP contribution in [-0.4, -0.2) is 57.1 Å². The number of rotatable bonds is 4. The first kappa shape index (κ1) is 28.6. The predicted molar refractivity (Wildman–Crippen MR) is 145 cm³/mol. The van der Waals surface area contributed by atoms with Gasteiger partial charge in [0.05, 0.1) is 19.1 Å². The van der Waals surface area contributed by atoms with Gasteiger partial charge in [0.25, 0.3) is 11.8 Å². The molecule has 3 aliphatic rings. The van der Waals surface area contributed by atoms with Crippen molar-refractivity contribution >= 4 is 17.7 Å². The van der Waals surface area contributed by atoms with Crippen molar-refractivity contribution in [3.8, 4) is 5.75 Å². The molecule has 3 atom stereocenters. The molecule has 1 spiro atoms. The van der Waals surface area contributed by atoms with Gasteiger partial charge in [0.1, 0.15) is 17.2 Å². The number of hydrogen-bond donors (Lipinski definition) is 2. The van der Waals surface area contributed by atoms with Crippen molar-refractivity contribution in [1.82, 2.24) is 14.8 Å². The third-order valence-electron chi connectivity index (χ3n) is 7.91. The molecule has 0 unspecified atom stereocenters. The smallest absolute Gasteiger partial charge is 0.274 e. The summed E-state index contributed by atoms with van der Waals surface area (Å²) < 4.78 is 36.0. The standard InChI is InChI=1S/C29H34F2N4O6/c1-15-8-19(30)17(20(31)9-15)11-32-26(38)18-12-35-21-13-34(27(39)23(35)25(37)24(18)36)16(2)6-7-29(21)10-22(33-41-29)40-14-28(3,4)5/h8-9,12,16,21,37H,6-7,10-11,13-14H2,1-5H3,(H,32,38)/t16-,21+,29-/m0/s1. The Labute approximate surface area is 235 Å². The number of nitrogens with zero attached hydrogens (tertiary/aromatic N) is 3. The van der Waals surface area contributed by atoms with E-state index >= 15 is 0 Å². The SMILES string of the molecule is Cc1cc(F)c(CNC(=O)c2cn3c(c(O)c2=O)C(=O)N2C[C@@H]3[C@]3(CC[C@@H]2C)CC(OCC(C)(C)C)=NO3)c(F)c1. The zero-order valence-electron chi connectivity index (χ0n) is 23.7. The molecule has 2 aromatic rings. The molecule has 41 heavy (non-hydrogen) atoms. The average Bonchev–Trinajstić information content (AvgIpc) is 3.26. The number of amides is 2. The van der Waals surface area contributed by atoms with Crippen LogP contribution in [0.5, 0.6) is 5.75 Å². The first-order chi connectivity index (χ1) is 19.2. The van der Waals surface area contributed by atoms with Gasteiger partial charge in [-0.1, -0.05) is 25.9 Å². The fraction of sp³-hybridized carbons (Fsp3) is 0.517. The highest BCUT2D eigenvalue weighted by Gasteiger charge is 2.55. The fourth-order valence-corrected chi connectivity index (χ4v) is 5.62. The summed E-state index contributed by atoms with van der Waals surface area (Å²) in [6.07, 6.45) is 2.57. The highest BCUT2D eigenvalue weighted by atomic mass is 19.1. The Balaban J connectivity index is 1.50. The largest absolute Gasteiger partial charge is 0.503 e. The lowest BCUT2D eigenvalue weighted by molar-refractivity contribution is -0.0655. The summed E-state index contributed by atoms with van der Waals surface area (Å²) in [6, 6.07) is 1.44. The summed E-state index contributed by atoms with van der Waals surface area (Å²) in [7, 11) is 0. The molecule has 0 aliphatic carbocycles. The maximum absolute atomic E-state index is 14.3. The van der Waals surface area contributed by atoms with E-state index in [0.29, 0.717) is 37.3 Å². The van der Waals surface area contributed by atoms with Gasteiger partial charge < -0.3 is 29.5 Å². The van der Waals surface area contributed by atoms with E-state index in [1.165, 1.54) is 17.7 Å². The number of hydrogen-bond acceptors (Lipinski definition) is 7. The van der Waals surface area contributed by atoms with Gasteiger partial charge in [-0.2, -0.15) is 0 Å². The summed E-state index contributed by atoms with van der Waals surface area (Å²) in [5, 5.41) is 17.5. The van der Waals surface area contributed by atoms with Crippen LogP contribution in [0.3, 0.4) is 0 Å². The van der Waals surface area contributed by atoms with Crippen molar-refractivity contribution < 1.29 is 33.1 Å². The molecule has 1 aromatic heterocycles. The number of halogens is 2. The number of aryl methyl sites for hydroxylation is 1. The molecule has 12 heteroatoms. The van der Waals surface area contributed by atoms with Crippen molar-refractivity contribution in [3.05, 3.63) is 62.6 Å². The number of pyridine rings is 1. The van der Waals surface area contributed by atoms with E-state index in [-0.39, 0.29) is 29.3 Å². The molecule has 5 rings (SSSR count). The lowest BCUT2D eigenvalue weighted by Gasteiger charge is -2.41. The van der Waals surface area contributed by atoms with Gasteiger partial charge >= 0.3 is 0 Å². The number of fused-ring (bicyclic) bond motifs is 5. The van der Waals surface area contributed by atoms with Crippen molar-refractivity contribution in [2.45, 2.75) is 78.1 Å². The number of carbonyl (C=O) groups excluding carboxylic acids is 2. The quantitative estimate of drug-likeness (QED) is 0.575. The molecule has 2 amide bonds. The molecule has 2 bridgehead atoms. The van der Waals surface area contributed by atoms with E-state index in [1.807, 2.05) is 27.7 Å². The second-order valence-corrected chi connectivity index (χ2v) is 12.4. The molecule has 1 aromatic carbocycles. The molecule has 0 saturated carbocycles. The Hall–Kier alpha value is -3.96. The molecule has 3 aliphatic heterocycles. The van der Waals surface area contributed by atoms with Crippen LogP contribution in [0.4, 0.5) is 8.78 Å². The lowest BCUT2D eigenvalue weighted by atomic mass is 9.85. The Morgan fingerprint density at radius 2 is 1.95 bits per heavy atom. The Bertz CT molecular complexity index is 1490. The van der Waals surface area contributed by atoms with Crippen LogP contribution in [0, 0.1) is 24.0 Å². The number of benzene rings is 1. The van der Waals surface area contributed by atoms with Gasteiger partial charge in [0.15, 0.2) is 17.0 Å². The van der Waals surface area contributed by atoms with E-state index in [2.05, 4.69) is 10.5 Å². The van der Waals surface area contributed by atoms with Crippen molar-refractivity contribution in [2.75, 3.05) is 13.2 Å². The summed E-state index contributed by atoms with van der Waals surface area (Å²) in [6.45, 7) is 9.58. The Kier molecular flexibility index (Phi) is 7.07. The monoisotopic (exact) mass is 572 g/mol. The minimum atomic E-state index is -1.06.